The van der Waals surface area contributed by atoms with Crippen molar-refractivity contribution in [1.29, 1.82) is 0 Å². The summed E-state index contributed by atoms with van der Waals surface area (Å²) in [5.74, 6) is 0.851. The zero-order valence-corrected chi connectivity index (χ0v) is 13.6. The van der Waals surface area contributed by atoms with Crippen LogP contribution < -0.4 is 5.32 Å². The number of likely N-dealkylation sites (tertiary alicyclic amines) is 1. The Bertz CT molecular complexity index is 399. The van der Waals surface area contributed by atoms with Crippen molar-refractivity contribution in [1.82, 2.24) is 10.2 Å². The van der Waals surface area contributed by atoms with E-state index >= 15 is 0 Å². The highest BCUT2D eigenvalue weighted by Gasteiger charge is 2.23. The molecule has 0 bridgehead atoms. The van der Waals surface area contributed by atoms with E-state index in [2.05, 4.69) is 56.1 Å². The van der Waals surface area contributed by atoms with Crippen LogP contribution in [0.15, 0.2) is 18.2 Å². The van der Waals surface area contributed by atoms with Crippen LogP contribution in [-0.2, 0) is 6.54 Å². The zero-order valence-electron chi connectivity index (χ0n) is 13.6. The second kappa shape index (κ2) is 7.24. The molecule has 1 aliphatic heterocycles. The minimum absolute atomic E-state index is 0.669. The van der Waals surface area contributed by atoms with Crippen molar-refractivity contribution in [3.05, 3.63) is 34.9 Å². The lowest BCUT2D eigenvalue weighted by atomic mass is 9.90. The molecule has 1 saturated heterocycles. The van der Waals surface area contributed by atoms with Gasteiger partial charge in [-0.25, -0.2) is 0 Å². The molecule has 1 heterocycles. The van der Waals surface area contributed by atoms with Crippen LogP contribution in [0.25, 0.3) is 0 Å². The van der Waals surface area contributed by atoms with Gasteiger partial charge in [-0.1, -0.05) is 25.1 Å². The first kappa shape index (κ1) is 15.5. The summed E-state index contributed by atoms with van der Waals surface area (Å²) in [5.41, 5.74) is 4.41. The van der Waals surface area contributed by atoms with E-state index in [0.717, 1.165) is 19.0 Å². The van der Waals surface area contributed by atoms with Gasteiger partial charge in [-0.3, -0.25) is 4.90 Å². The van der Waals surface area contributed by atoms with Gasteiger partial charge >= 0.3 is 0 Å². The lowest BCUT2D eigenvalue weighted by Crippen LogP contribution is -2.41. The highest BCUT2D eigenvalue weighted by atomic mass is 15.1. The number of nitrogens with zero attached hydrogens (tertiary/aromatic N) is 1. The van der Waals surface area contributed by atoms with Crippen molar-refractivity contribution in [2.75, 3.05) is 19.6 Å². The lowest BCUT2D eigenvalue weighted by molar-refractivity contribution is 0.157. The molecule has 1 unspecified atom stereocenters. The average Bonchev–Trinajstić information content (AvgIpc) is 2.44. The molecule has 1 aliphatic rings. The van der Waals surface area contributed by atoms with Gasteiger partial charge in [-0.15, -0.1) is 0 Å². The monoisotopic (exact) mass is 274 g/mol. The quantitative estimate of drug-likeness (QED) is 0.884. The Morgan fingerprint density at radius 2 is 1.80 bits per heavy atom. The summed E-state index contributed by atoms with van der Waals surface area (Å²) >= 11 is 0. The van der Waals surface area contributed by atoms with Crippen molar-refractivity contribution < 1.29 is 0 Å². The molecular weight excluding hydrogens is 244 g/mol. The normalized spacial score (nSPS) is 19.2. The SMILES string of the molecule is CCNC(C)C1CCN(Cc2c(C)cccc2C)CC1. The van der Waals surface area contributed by atoms with E-state index < -0.39 is 0 Å². The van der Waals surface area contributed by atoms with Gasteiger partial charge in [0.05, 0.1) is 0 Å². The molecule has 0 aliphatic carbocycles. The number of hydrogen-bond donors (Lipinski definition) is 1. The maximum Gasteiger partial charge on any atom is 0.0238 e. The Morgan fingerprint density at radius 1 is 1.20 bits per heavy atom. The third-order valence-electron chi connectivity index (χ3n) is 4.89. The second-order valence-corrected chi connectivity index (χ2v) is 6.33. The first-order valence-corrected chi connectivity index (χ1v) is 8.12. The summed E-state index contributed by atoms with van der Waals surface area (Å²) < 4.78 is 0. The maximum absolute atomic E-state index is 3.58. The largest absolute Gasteiger partial charge is 0.314 e. The van der Waals surface area contributed by atoms with Crippen LogP contribution in [0, 0.1) is 19.8 Å². The standard InChI is InChI=1S/C18H30N2/c1-5-19-16(4)17-9-11-20(12-10-17)13-18-14(2)7-6-8-15(18)3/h6-8,16-17,19H,5,9-13H2,1-4H3. The van der Waals surface area contributed by atoms with Crippen molar-refractivity contribution in [3.8, 4) is 0 Å². The first-order chi connectivity index (χ1) is 9.61. The van der Waals surface area contributed by atoms with Crippen LogP contribution in [0.1, 0.15) is 43.4 Å². The predicted molar refractivity (Wildman–Crippen MR) is 87.1 cm³/mol. The molecule has 0 saturated carbocycles. The molecule has 0 amide bonds. The van der Waals surface area contributed by atoms with Crippen LogP contribution in [-0.4, -0.2) is 30.6 Å². The Balaban J connectivity index is 1.88. The summed E-state index contributed by atoms with van der Waals surface area (Å²) in [6.45, 7) is 13.7. The molecule has 2 rings (SSSR count). The molecule has 0 radical (unpaired) electrons. The third-order valence-corrected chi connectivity index (χ3v) is 4.89. The highest BCUT2D eigenvalue weighted by Crippen LogP contribution is 2.23. The summed E-state index contributed by atoms with van der Waals surface area (Å²) in [4.78, 5) is 2.63. The maximum atomic E-state index is 3.58. The summed E-state index contributed by atoms with van der Waals surface area (Å²) in [5, 5.41) is 3.58. The van der Waals surface area contributed by atoms with Crippen LogP contribution in [0.3, 0.4) is 0 Å². The minimum Gasteiger partial charge on any atom is -0.314 e. The van der Waals surface area contributed by atoms with E-state index in [1.807, 2.05) is 0 Å². The summed E-state index contributed by atoms with van der Waals surface area (Å²) in [6, 6.07) is 7.31. The summed E-state index contributed by atoms with van der Waals surface area (Å²) in [7, 11) is 0. The highest BCUT2D eigenvalue weighted by molar-refractivity contribution is 5.33. The fraction of sp³-hybridized carbons (Fsp3) is 0.667. The molecular formula is C18H30N2. The number of nitrogens with one attached hydrogen (secondary N) is 1. The average molecular weight is 274 g/mol. The fourth-order valence-electron chi connectivity index (χ4n) is 3.42. The number of benzene rings is 1. The Kier molecular flexibility index (Phi) is 5.62. The Morgan fingerprint density at radius 3 is 2.35 bits per heavy atom. The Hall–Kier alpha value is -0.860. The van der Waals surface area contributed by atoms with Crippen LogP contribution in [0.2, 0.25) is 0 Å². The van der Waals surface area contributed by atoms with Crippen molar-refractivity contribution >= 4 is 0 Å². The molecule has 2 heteroatoms. The van der Waals surface area contributed by atoms with E-state index in [1.165, 1.54) is 42.6 Å². The fourth-order valence-corrected chi connectivity index (χ4v) is 3.42. The predicted octanol–water partition coefficient (Wildman–Crippen LogP) is 3.51. The lowest BCUT2D eigenvalue weighted by Gasteiger charge is -2.35. The van der Waals surface area contributed by atoms with E-state index in [0.29, 0.717) is 6.04 Å². The van der Waals surface area contributed by atoms with Gasteiger partial charge in [-0.05, 0) is 75.9 Å². The topological polar surface area (TPSA) is 15.3 Å². The van der Waals surface area contributed by atoms with E-state index in [1.54, 1.807) is 0 Å². The molecule has 2 nitrogen and oxygen atoms in total. The molecule has 0 spiro atoms. The first-order valence-electron chi connectivity index (χ1n) is 8.12. The molecule has 1 fully saturated rings. The van der Waals surface area contributed by atoms with E-state index in [9.17, 15) is 0 Å². The van der Waals surface area contributed by atoms with Crippen molar-refractivity contribution in [3.63, 3.8) is 0 Å². The molecule has 112 valence electrons. The van der Waals surface area contributed by atoms with Crippen LogP contribution in [0.5, 0.6) is 0 Å². The number of aryl methyl sites for hydroxylation is 2. The molecule has 1 N–H and O–H groups in total. The van der Waals surface area contributed by atoms with Gasteiger partial charge in [0.2, 0.25) is 0 Å². The molecule has 0 aromatic heterocycles. The van der Waals surface area contributed by atoms with Gasteiger partial charge in [0.1, 0.15) is 0 Å². The van der Waals surface area contributed by atoms with Gasteiger partial charge in [0, 0.05) is 12.6 Å². The smallest absolute Gasteiger partial charge is 0.0238 e. The third kappa shape index (κ3) is 3.83. The van der Waals surface area contributed by atoms with Gasteiger partial charge in [0.15, 0.2) is 0 Å². The minimum atomic E-state index is 0.669. The number of piperidine rings is 1. The van der Waals surface area contributed by atoms with Gasteiger partial charge < -0.3 is 5.32 Å². The molecule has 1 aromatic rings. The molecule has 1 aromatic carbocycles. The molecule has 20 heavy (non-hydrogen) atoms. The number of rotatable bonds is 5. The van der Waals surface area contributed by atoms with E-state index in [4.69, 9.17) is 0 Å². The zero-order chi connectivity index (χ0) is 14.5. The van der Waals surface area contributed by atoms with E-state index in [-0.39, 0.29) is 0 Å². The van der Waals surface area contributed by atoms with Crippen LogP contribution >= 0.6 is 0 Å². The molecule has 1 atom stereocenters. The number of hydrogen-bond acceptors (Lipinski definition) is 2. The van der Waals surface area contributed by atoms with Gasteiger partial charge in [0.25, 0.3) is 0 Å². The Labute approximate surface area is 124 Å². The summed E-state index contributed by atoms with van der Waals surface area (Å²) in [6.07, 6.45) is 2.66. The van der Waals surface area contributed by atoms with Crippen molar-refractivity contribution in [2.45, 2.75) is 53.1 Å². The van der Waals surface area contributed by atoms with Crippen molar-refractivity contribution in [2.24, 2.45) is 5.92 Å². The second-order valence-electron chi connectivity index (χ2n) is 6.33. The van der Waals surface area contributed by atoms with Crippen LogP contribution in [0.4, 0.5) is 0 Å². The van der Waals surface area contributed by atoms with Gasteiger partial charge in [-0.2, -0.15) is 0 Å².